The highest BCUT2D eigenvalue weighted by Gasteiger charge is 2.18. The van der Waals surface area contributed by atoms with E-state index in [2.05, 4.69) is 5.32 Å². The predicted octanol–water partition coefficient (Wildman–Crippen LogP) is 1.96. The Morgan fingerprint density at radius 1 is 1.29 bits per heavy atom. The third kappa shape index (κ3) is 3.26. The van der Waals surface area contributed by atoms with Crippen LogP contribution in [0.5, 0.6) is 5.88 Å². The Morgan fingerprint density at radius 3 is 2.62 bits per heavy atom. The molecule has 6 nitrogen and oxygen atoms in total. The smallest absolute Gasteiger partial charge is 0.271 e. The average molecular weight is 327 g/mol. The van der Waals surface area contributed by atoms with Crippen LogP contribution in [0.15, 0.2) is 23.0 Å². The Bertz CT molecular complexity index is 863. The zero-order valence-corrected chi connectivity index (χ0v) is 14.1. The van der Waals surface area contributed by atoms with Crippen molar-refractivity contribution in [2.75, 3.05) is 11.9 Å². The third-order valence-electron chi connectivity index (χ3n) is 4.10. The molecule has 2 aromatic rings. The summed E-state index contributed by atoms with van der Waals surface area (Å²) in [5.74, 6) is -0.219. The Balaban J connectivity index is 2.46. The number of aliphatic hydroxyl groups excluding tert-OH is 1. The van der Waals surface area contributed by atoms with Crippen molar-refractivity contribution in [3.8, 4) is 11.9 Å². The molecule has 1 aromatic heterocycles. The number of aromatic nitrogens is 1. The summed E-state index contributed by atoms with van der Waals surface area (Å²) in [5.41, 5.74) is 3.41. The second kappa shape index (κ2) is 7.20. The first-order valence-electron chi connectivity index (χ1n) is 7.68. The van der Waals surface area contributed by atoms with E-state index < -0.39 is 5.56 Å². The van der Waals surface area contributed by atoms with Crippen molar-refractivity contribution in [2.24, 2.45) is 0 Å². The summed E-state index contributed by atoms with van der Waals surface area (Å²) in [6.07, 6.45) is 0. The Morgan fingerprint density at radius 2 is 2.00 bits per heavy atom. The van der Waals surface area contributed by atoms with Crippen molar-refractivity contribution < 1.29 is 10.2 Å². The molecule has 126 valence electrons. The van der Waals surface area contributed by atoms with Crippen LogP contribution in [0.2, 0.25) is 0 Å². The zero-order chi connectivity index (χ0) is 17.9. The van der Waals surface area contributed by atoms with Gasteiger partial charge in [-0.15, -0.1) is 0 Å². The fourth-order valence-corrected chi connectivity index (χ4v) is 2.63. The molecule has 0 saturated heterocycles. The molecule has 0 aliphatic heterocycles. The first-order valence-corrected chi connectivity index (χ1v) is 7.68. The van der Waals surface area contributed by atoms with Gasteiger partial charge in [0.25, 0.3) is 5.56 Å². The van der Waals surface area contributed by atoms with Crippen LogP contribution in [0, 0.1) is 32.1 Å². The molecule has 0 fully saturated rings. The summed E-state index contributed by atoms with van der Waals surface area (Å²) >= 11 is 0. The molecule has 0 saturated carbocycles. The fourth-order valence-electron chi connectivity index (χ4n) is 2.63. The molecule has 0 amide bonds. The first kappa shape index (κ1) is 17.6. The van der Waals surface area contributed by atoms with E-state index in [9.17, 15) is 15.2 Å². The van der Waals surface area contributed by atoms with E-state index in [0.717, 1.165) is 21.4 Å². The van der Waals surface area contributed by atoms with Gasteiger partial charge in [-0.25, -0.2) is 0 Å². The average Bonchev–Trinajstić information content (AvgIpc) is 2.55. The Labute approximate surface area is 140 Å². The maximum atomic E-state index is 12.2. The summed E-state index contributed by atoms with van der Waals surface area (Å²) in [5, 5.41) is 32.0. The summed E-state index contributed by atoms with van der Waals surface area (Å²) in [7, 11) is 0. The van der Waals surface area contributed by atoms with Crippen LogP contribution in [0.3, 0.4) is 0 Å². The molecular formula is C18H21N3O3. The number of hydrogen-bond acceptors (Lipinski definition) is 5. The van der Waals surface area contributed by atoms with Crippen LogP contribution in [-0.2, 0) is 13.1 Å². The minimum atomic E-state index is -0.586. The van der Waals surface area contributed by atoms with Gasteiger partial charge in [0.15, 0.2) is 5.88 Å². The lowest BCUT2D eigenvalue weighted by Gasteiger charge is -2.17. The fraction of sp³-hybridized carbons (Fsp3) is 0.333. The molecular weight excluding hydrogens is 306 g/mol. The van der Waals surface area contributed by atoms with Gasteiger partial charge in [-0.1, -0.05) is 12.1 Å². The number of hydrogen-bond donors (Lipinski definition) is 3. The number of benzene rings is 1. The maximum absolute atomic E-state index is 12.2. The minimum Gasteiger partial charge on any atom is -0.494 e. The van der Waals surface area contributed by atoms with E-state index in [4.69, 9.17) is 5.11 Å². The molecule has 3 N–H and O–H groups in total. The number of rotatable bonds is 5. The van der Waals surface area contributed by atoms with E-state index in [1.165, 1.54) is 0 Å². The lowest BCUT2D eigenvalue weighted by molar-refractivity contribution is 0.263. The summed E-state index contributed by atoms with van der Waals surface area (Å²) in [4.78, 5) is 12.2. The molecule has 6 heteroatoms. The summed E-state index contributed by atoms with van der Waals surface area (Å²) in [6, 6.07) is 7.90. The van der Waals surface area contributed by atoms with Crippen molar-refractivity contribution in [3.05, 3.63) is 56.4 Å². The molecule has 1 aromatic carbocycles. The highest BCUT2D eigenvalue weighted by Crippen LogP contribution is 2.24. The lowest BCUT2D eigenvalue weighted by Crippen LogP contribution is -2.27. The van der Waals surface area contributed by atoms with Crippen LogP contribution < -0.4 is 10.9 Å². The predicted molar refractivity (Wildman–Crippen MR) is 92.1 cm³/mol. The molecule has 0 bridgehead atoms. The molecule has 24 heavy (non-hydrogen) atoms. The van der Waals surface area contributed by atoms with Crippen molar-refractivity contribution in [3.63, 3.8) is 0 Å². The van der Waals surface area contributed by atoms with Crippen molar-refractivity contribution in [1.29, 1.82) is 5.26 Å². The molecule has 0 spiro atoms. The van der Waals surface area contributed by atoms with Crippen LogP contribution in [-0.4, -0.2) is 21.4 Å². The number of nitrogens with one attached hydrogen (secondary N) is 1. The highest BCUT2D eigenvalue weighted by atomic mass is 16.3. The van der Waals surface area contributed by atoms with Crippen molar-refractivity contribution in [1.82, 2.24) is 4.57 Å². The lowest BCUT2D eigenvalue weighted by atomic mass is 10.0. The molecule has 0 aliphatic rings. The summed E-state index contributed by atoms with van der Waals surface area (Å²) in [6.45, 7) is 5.51. The van der Waals surface area contributed by atoms with Crippen LogP contribution in [0.25, 0.3) is 0 Å². The van der Waals surface area contributed by atoms with E-state index in [-0.39, 0.29) is 31.1 Å². The summed E-state index contributed by atoms with van der Waals surface area (Å²) < 4.78 is 1.03. The van der Waals surface area contributed by atoms with E-state index in [0.29, 0.717) is 11.1 Å². The van der Waals surface area contributed by atoms with Gasteiger partial charge in [-0.05, 0) is 43.5 Å². The number of aliphatic hydroxyl groups is 1. The van der Waals surface area contributed by atoms with E-state index in [1.54, 1.807) is 6.92 Å². The number of anilines is 1. The monoisotopic (exact) mass is 327 g/mol. The highest BCUT2D eigenvalue weighted by molar-refractivity contribution is 5.54. The number of aryl methyl sites for hydroxylation is 2. The molecule has 0 unspecified atom stereocenters. The van der Waals surface area contributed by atoms with E-state index >= 15 is 0 Å². The normalized spacial score (nSPS) is 10.5. The number of pyridine rings is 1. The third-order valence-corrected chi connectivity index (χ3v) is 4.10. The van der Waals surface area contributed by atoms with Gasteiger partial charge in [-0.2, -0.15) is 5.26 Å². The molecule has 0 radical (unpaired) electrons. The minimum absolute atomic E-state index is 0.0148. The van der Waals surface area contributed by atoms with Gasteiger partial charge in [0.05, 0.1) is 13.2 Å². The van der Waals surface area contributed by atoms with Gasteiger partial charge < -0.3 is 15.5 Å². The van der Waals surface area contributed by atoms with Crippen molar-refractivity contribution in [2.45, 2.75) is 33.9 Å². The van der Waals surface area contributed by atoms with Gasteiger partial charge in [0, 0.05) is 17.8 Å². The van der Waals surface area contributed by atoms with Gasteiger partial charge in [0.1, 0.15) is 11.6 Å². The second-order valence-electron chi connectivity index (χ2n) is 5.77. The quantitative estimate of drug-likeness (QED) is 0.780. The van der Waals surface area contributed by atoms with Crippen LogP contribution >= 0.6 is 0 Å². The largest absolute Gasteiger partial charge is 0.494 e. The number of aromatic hydroxyl groups is 1. The Hall–Kier alpha value is -2.78. The van der Waals surface area contributed by atoms with Gasteiger partial charge >= 0.3 is 0 Å². The topological polar surface area (TPSA) is 98.3 Å². The number of nitriles is 1. The Kier molecular flexibility index (Phi) is 5.27. The van der Waals surface area contributed by atoms with E-state index in [1.807, 2.05) is 38.1 Å². The molecule has 0 aliphatic carbocycles. The van der Waals surface area contributed by atoms with Crippen molar-refractivity contribution >= 4 is 5.69 Å². The van der Waals surface area contributed by atoms with Crippen LogP contribution in [0.1, 0.15) is 27.8 Å². The molecule has 2 rings (SSSR count). The zero-order valence-electron chi connectivity index (χ0n) is 14.1. The molecule has 1 heterocycles. The number of nitrogens with zero attached hydrogens (tertiary/aromatic N) is 2. The van der Waals surface area contributed by atoms with Crippen LogP contribution in [0.4, 0.5) is 5.69 Å². The molecule has 0 atom stereocenters. The van der Waals surface area contributed by atoms with Gasteiger partial charge in [0.2, 0.25) is 0 Å². The second-order valence-corrected chi connectivity index (χ2v) is 5.77. The standard InChI is InChI=1S/C18H21N3O3/c1-11-4-5-12(2)16(8-11)20-10-15-13(3)14(9-19)17(23)21(6-7-22)18(15)24/h4-5,8,20,22,24H,6-7,10H2,1-3H3. The SMILES string of the molecule is Cc1ccc(C)c(NCc2c(C)c(C#N)c(=O)n(CCO)c2O)c1. The van der Waals surface area contributed by atoms with Gasteiger partial charge in [-0.3, -0.25) is 9.36 Å². The first-order chi connectivity index (χ1) is 11.4. The maximum Gasteiger partial charge on any atom is 0.271 e.